The van der Waals surface area contributed by atoms with Gasteiger partial charge in [0.25, 0.3) is 5.91 Å². The fourth-order valence-electron chi connectivity index (χ4n) is 1.94. The van der Waals surface area contributed by atoms with Crippen molar-refractivity contribution in [3.05, 3.63) is 24.0 Å². The molecule has 20 heavy (non-hydrogen) atoms. The van der Waals surface area contributed by atoms with Crippen LogP contribution in [0.4, 0.5) is 0 Å². The molecule has 0 bridgehead atoms. The lowest BCUT2D eigenvalue weighted by Gasteiger charge is -2.25. The van der Waals surface area contributed by atoms with Gasteiger partial charge in [-0.2, -0.15) is 0 Å². The first-order chi connectivity index (χ1) is 9.17. The molecule has 6 nitrogen and oxygen atoms in total. The fraction of sp³-hybridized carbons (Fsp3) is 0.500. The number of pyridine rings is 1. The molecule has 1 amide bonds. The topological polar surface area (TPSA) is 99.5 Å². The Labute approximate surface area is 117 Å². The molecule has 1 aromatic rings. The second kappa shape index (κ2) is 6.36. The maximum Gasteiger partial charge on any atom is 0.305 e. The molecule has 0 fully saturated rings. The van der Waals surface area contributed by atoms with Gasteiger partial charge >= 0.3 is 5.97 Å². The van der Waals surface area contributed by atoms with Gasteiger partial charge in [0.15, 0.2) is 0 Å². The number of amides is 1. The summed E-state index contributed by atoms with van der Waals surface area (Å²) < 4.78 is 0. The zero-order chi connectivity index (χ0) is 15.3. The number of hydrogen-bond donors (Lipinski definition) is 3. The normalized spacial score (nSPS) is 12.8. The van der Waals surface area contributed by atoms with Gasteiger partial charge in [-0.25, -0.2) is 0 Å². The van der Waals surface area contributed by atoms with Crippen LogP contribution in [0.1, 0.15) is 44.0 Å². The molecular weight excluding hydrogens is 260 g/mol. The van der Waals surface area contributed by atoms with Crippen LogP contribution in [-0.4, -0.2) is 33.1 Å². The monoisotopic (exact) mass is 280 g/mol. The number of aliphatic carboxylic acids is 1. The number of carboxylic acid groups (broad SMARTS) is 1. The van der Waals surface area contributed by atoms with Gasteiger partial charge in [0.2, 0.25) is 0 Å². The minimum Gasteiger partial charge on any atom is -0.506 e. The molecule has 0 saturated carbocycles. The second-order valence-electron chi connectivity index (χ2n) is 5.96. The van der Waals surface area contributed by atoms with E-state index in [2.05, 4.69) is 10.3 Å². The van der Waals surface area contributed by atoms with Crippen molar-refractivity contribution in [3.8, 4) is 5.75 Å². The summed E-state index contributed by atoms with van der Waals surface area (Å²) in [6, 6.07) is 0.819. The highest BCUT2D eigenvalue weighted by Gasteiger charge is 2.23. The summed E-state index contributed by atoms with van der Waals surface area (Å²) in [4.78, 5) is 26.6. The van der Waals surface area contributed by atoms with Gasteiger partial charge in [0, 0.05) is 12.2 Å². The molecule has 0 radical (unpaired) electrons. The third-order valence-corrected chi connectivity index (χ3v) is 2.60. The minimum absolute atomic E-state index is 0.107. The Hall–Kier alpha value is -2.11. The van der Waals surface area contributed by atoms with E-state index in [9.17, 15) is 14.7 Å². The molecule has 0 spiro atoms. The maximum absolute atomic E-state index is 12.0. The summed E-state index contributed by atoms with van der Waals surface area (Å²) >= 11 is 0. The van der Waals surface area contributed by atoms with Gasteiger partial charge in [-0.15, -0.1) is 0 Å². The molecule has 1 rings (SSSR count). The van der Waals surface area contributed by atoms with Gasteiger partial charge in [-0.05, 0) is 17.9 Å². The van der Waals surface area contributed by atoms with E-state index in [1.54, 1.807) is 0 Å². The van der Waals surface area contributed by atoms with Crippen molar-refractivity contribution in [1.29, 1.82) is 0 Å². The third-order valence-electron chi connectivity index (χ3n) is 2.60. The molecule has 1 aromatic heterocycles. The molecule has 110 valence electrons. The maximum atomic E-state index is 12.0. The third kappa shape index (κ3) is 5.69. The fourth-order valence-corrected chi connectivity index (χ4v) is 1.94. The van der Waals surface area contributed by atoms with Crippen molar-refractivity contribution in [2.24, 2.45) is 5.41 Å². The predicted molar refractivity (Wildman–Crippen MR) is 73.5 cm³/mol. The first-order valence-corrected chi connectivity index (χ1v) is 6.34. The highest BCUT2D eigenvalue weighted by atomic mass is 16.4. The van der Waals surface area contributed by atoms with E-state index < -0.39 is 17.9 Å². The van der Waals surface area contributed by atoms with Gasteiger partial charge in [-0.1, -0.05) is 20.8 Å². The summed E-state index contributed by atoms with van der Waals surface area (Å²) in [7, 11) is 0. The van der Waals surface area contributed by atoms with Crippen molar-refractivity contribution < 1.29 is 19.8 Å². The van der Waals surface area contributed by atoms with E-state index in [1.807, 2.05) is 20.8 Å². The molecule has 0 aromatic carbocycles. The van der Waals surface area contributed by atoms with Gasteiger partial charge in [0.05, 0.1) is 18.2 Å². The van der Waals surface area contributed by atoms with E-state index in [4.69, 9.17) is 5.11 Å². The van der Waals surface area contributed by atoms with Crippen LogP contribution in [0.5, 0.6) is 5.75 Å². The van der Waals surface area contributed by atoms with Gasteiger partial charge < -0.3 is 15.5 Å². The average molecular weight is 280 g/mol. The smallest absolute Gasteiger partial charge is 0.305 e. The lowest BCUT2D eigenvalue weighted by molar-refractivity contribution is -0.137. The Bertz CT molecular complexity index is 494. The summed E-state index contributed by atoms with van der Waals surface area (Å²) in [5, 5.41) is 20.9. The van der Waals surface area contributed by atoms with Crippen LogP contribution in [-0.2, 0) is 4.79 Å². The number of nitrogens with one attached hydrogen (secondary N) is 1. The molecule has 0 aliphatic carbocycles. The van der Waals surface area contributed by atoms with Crippen LogP contribution >= 0.6 is 0 Å². The highest BCUT2D eigenvalue weighted by molar-refractivity contribution is 5.94. The number of hydrogen-bond acceptors (Lipinski definition) is 4. The molecule has 6 heteroatoms. The van der Waals surface area contributed by atoms with Crippen LogP contribution in [0.2, 0.25) is 0 Å². The number of aromatic hydroxyl groups is 1. The van der Waals surface area contributed by atoms with Crippen molar-refractivity contribution in [2.45, 2.75) is 39.7 Å². The van der Waals surface area contributed by atoms with Gasteiger partial charge in [-0.3, -0.25) is 14.6 Å². The van der Waals surface area contributed by atoms with E-state index in [-0.39, 0.29) is 23.1 Å². The van der Waals surface area contributed by atoms with E-state index >= 15 is 0 Å². The number of aromatic nitrogens is 1. The van der Waals surface area contributed by atoms with E-state index in [1.165, 1.54) is 18.5 Å². The molecular formula is C14H20N2O4. The standard InChI is InChI=1S/C14H20N2O4/c1-14(2,3)6-10(5-12(18)19)16-13(20)9-4-11(17)8-15-7-9/h4,7-8,10,17H,5-6H2,1-3H3,(H,16,20)(H,18,19). The molecule has 1 atom stereocenters. The van der Waals surface area contributed by atoms with Crippen molar-refractivity contribution in [2.75, 3.05) is 0 Å². The number of nitrogens with zero attached hydrogens (tertiary/aromatic N) is 1. The molecule has 0 saturated heterocycles. The first kappa shape index (κ1) is 15.9. The summed E-state index contributed by atoms with van der Waals surface area (Å²) in [5.41, 5.74) is 0.0964. The SMILES string of the molecule is CC(C)(C)CC(CC(=O)O)NC(=O)c1cncc(O)c1. The van der Waals surface area contributed by atoms with Gasteiger partial charge in [0.1, 0.15) is 5.75 Å². The average Bonchev–Trinajstić information content (AvgIpc) is 2.25. The molecule has 0 aliphatic heterocycles. The second-order valence-corrected chi connectivity index (χ2v) is 5.96. The van der Waals surface area contributed by atoms with Crippen LogP contribution in [0, 0.1) is 5.41 Å². The van der Waals surface area contributed by atoms with E-state index in [0.29, 0.717) is 6.42 Å². The Balaban J connectivity index is 2.78. The Morgan fingerprint density at radius 2 is 2.00 bits per heavy atom. The summed E-state index contributed by atoms with van der Waals surface area (Å²) in [6.45, 7) is 5.93. The predicted octanol–water partition coefficient (Wildman–Crippen LogP) is 1.80. The lowest BCUT2D eigenvalue weighted by Crippen LogP contribution is -2.39. The largest absolute Gasteiger partial charge is 0.506 e. The number of carbonyl (C=O) groups excluding carboxylic acids is 1. The molecule has 3 N–H and O–H groups in total. The Morgan fingerprint density at radius 1 is 1.35 bits per heavy atom. The van der Waals surface area contributed by atoms with Crippen LogP contribution in [0.15, 0.2) is 18.5 Å². The zero-order valence-electron chi connectivity index (χ0n) is 11.9. The number of carboxylic acids is 1. The quantitative estimate of drug-likeness (QED) is 0.763. The number of rotatable bonds is 5. The van der Waals surface area contributed by atoms with Crippen LogP contribution in [0.25, 0.3) is 0 Å². The Morgan fingerprint density at radius 3 is 2.50 bits per heavy atom. The van der Waals surface area contributed by atoms with Crippen LogP contribution < -0.4 is 5.32 Å². The van der Waals surface area contributed by atoms with Crippen LogP contribution in [0.3, 0.4) is 0 Å². The molecule has 1 unspecified atom stereocenters. The number of carbonyl (C=O) groups is 2. The summed E-state index contributed by atoms with van der Waals surface area (Å²) in [6.07, 6.45) is 2.94. The van der Waals surface area contributed by atoms with Crippen molar-refractivity contribution in [3.63, 3.8) is 0 Å². The molecule has 1 heterocycles. The Kier molecular flexibility index (Phi) is 5.07. The molecule has 0 aliphatic rings. The minimum atomic E-state index is -0.964. The zero-order valence-corrected chi connectivity index (χ0v) is 11.9. The first-order valence-electron chi connectivity index (χ1n) is 6.34. The highest BCUT2D eigenvalue weighted by Crippen LogP contribution is 2.22. The lowest BCUT2D eigenvalue weighted by atomic mass is 9.87. The van der Waals surface area contributed by atoms with Crippen molar-refractivity contribution >= 4 is 11.9 Å². The van der Waals surface area contributed by atoms with Crippen molar-refractivity contribution in [1.82, 2.24) is 10.3 Å². The summed E-state index contributed by atoms with van der Waals surface area (Å²) in [5.74, 6) is -1.51. The van der Waals surface area contributed by atoms with E-state index in [0.717, 1.165) is 0 Å².